The van der Waals surface area contributed by atoms with E-state index in [1.807, 2.05) is 6.92 Å². The van der Waals surface area contributed by atoms with E-state index in [-0.39, 0.29) is 29.4 Å². The molecule has 1 aromatic heterocycles. The van der Waals surface area contributed by atoms with Crippen molar-refractivity contribution in [2.45, 2.75) is 38.8 Å². The van der Waals surface area contributed by atoms with Gasteiger partial charge in [0.1, 0.15) is 0 Å². The number of hydrogen-bond acceptors (Lipinski definition) is 4. The van der Waals surface area contributed by atoms with Gasteiger partial charge < -0.3 is 15.3 Å². The first-order chi connectivity index (χ1) is 9.55. The van der Waals surface area contributed by atoms with Gasteiger partial charge in [-0.1, -0.05) is 13.8 Å². The van der Waals surface area contributed by atoms with Crippen molar-refractivity contribution < 1.29 is 9.90 Å². The van der Waals surface area contributed by atoms with Gasteiger partial charge in [-0.05, 0) is 12.8 Å². The summed E-state index contributed by atoms with van der Waals surface area (Å²) in [7, 11) is 0. The van der Waals surface area contributed by atoms with Crippen LogP contribution in [-0.2, 0) is 0 Å². The quantitative estimate of drug-likeness (QED) is 0.759. The van der Waals surface area contributed by atoms with E-state index in [4.69, 9.17) is 0 Å². The normalized spacial score (nSPS) is 22.8. The minimum atomic E-state index is -0.469. The summed E-state index contributed by atoms with van der Waals surface area (Å²) in [5.74, 6) is -0.478. The molecule has 0 spiro atoms. The summed E-state index contributed by atoms with van der Waals surface area (Å²) >= 11 is 0. The molecular formula is C14H21N3O3. The van der Waals surface area contributed by atoms with Crippen LogP contribution in [0.25, 0.3) is 0 Å². The lowest BCUT2D eigenvalue weighted by Crippen LogP contribution is -2.57. The van der Waals surface area contributed by atoms with Gasteiger partial charge in [0, 0.05) is 37.3 Å². The number of carbonyl (C=O) groups is 1. The van der Waals surface area contributed by atoms with Gasteiger partial charge in [-0.3, -0.25) is 14.6 Å². The lowest BCUT2D eigenvalue weighted by atomic mass is 10.0. The summed E-state index contributed by atoms with van der Waals surface area (Å²) in [4.78, 5) is 28.0. The van der Waals surface area contributed by atoms with Crippen LogP contribution in [0.15, 0.2) is 16.9 Å². The van der Waals surface area contributed by atoms with Crippen molar-refractivity contribution in [3.05, 3.63) is 28.0 Å². The average molecular weight is 279 g/mol. The van der Waals surface area contributed by atoms with E-state index in [0.717, 1.165) is 19.4 Å². The van der Waals surface area contributed by atoms with E-state index in [9.17, 15) is 14.7 Å². The molecule has 2 heterocycles. The van der Waals surface area contributed by atoms with Gasteiger partial charge >= 0.3 is 0 Å². The second-order valence-electron chi connectivity index (χ2n) is 5.15. The first kappa shape index (κ1) is 14.6. The highest BCUT2D eigenvalue weighted by atomic mass is 16.3. The number of hydrogen-bond donors (Lipinski definition) is 3. The van der Waals surface area contributed by atoms with Gasteiger partial charge in [-0.2, -0.15) is 0 Å². The number of aromatic amines is 1. The van der Waals surface area contributed by atoms with E-state index in [1.165, 1.54) is 12.1 Å². The van der Waals surface area contributed by atoms with Crippen LogP contribution in [0.2, 0.25) is 0 Å². The van der Waals surface area contributed by atoms with Crippen molar-refractivity contribution in [3.8, 4) is 5.88 Å². The van der Waals surface area contributed by atoms with Gasteiger partial charge in [-0.15, -0.1) is 0 Å². The van der Waals surface area contributed by atoms with Crippen LogP contribution in [0.4, 0.5) is 0 Å². The number of H-pyrrole nitrogens is 1. The van der Waals surface area contributed by atoms with Gasteiger partial charge in [0.2, 0.25) is 0 Å². The zero-order valence-corrected chi connectivity index (χ0v) is 11.8. The minimum Gasteiger partial charge on any atom is -0.494 e. The molecular weight excluding hydrogens is 258 g/mol. The summed E-state index contributed by atoms with van der Waals surface area (Å²) in [6.07, 6.45) is 1.80. The molecule has 110 valence electrons. The monoisotopic (exact) mass is 279 g/mol. The van der Waals surface area contributed by atoms with Crippen LogP contribution in [0.1, 0.15) is 37.0 Å². The van der Waals surface area contributed by atoms with Crippen LogP contribution >= 0.6 is 0 Å². The van der Waals surface area contributed by atoms with Crippen molar-refractivity contribution in [2.75, 3.05) is 13.1 Å². The Kier molecular flexibility index (Phi) is 4.44. The summed E-state index contributed by atoms with van der Waals surface area (Å²) < 4.78 is 0. The van der Waals surface area contributed by atoms with Crippen molar-refractivity contribution in [3.63, 3.8) is 0 Å². The van der Waals surface area contributed by atoms with Gasteiger partial charge in [0.05, 0.1) is 5.56 Å². The molecule has 0 saturated carbocycles. The standard InChI is InChI=1S/C14H21N3O3/c1-3-10-8-17(11(4-2)7-15-10)14(20)9-5-12(18)16-13(19)6-9/h5-6,10-11,15H,3-4,7-8H2,1-2H3,(H2,16,18,19). The number of aromatic nitrogens is 1. The predicted octanol–water partition coefficient (Wildman–Crippen LogP) is 0.683. The summed E-state index contributed by atoms with van der Waals surface area (Å²) in [6, 6.07) is 2.93. The maximum absolute atomic E-state index is 12.6. The highest BCUT2D eigenvalue weighted by Crippen LogP contribution is 2.16. The molecule has 2 atom stereocenters. The molecule has 1 aliphatic rings. The maximum Gasteiger partial charge on any atom is 0.254 e. The highest BCUT2D eigenvalue weighted by molar-refractivity contribution is 5.94. The molecule has 2 rings (SSSR count). The number of pyridine rings is 1. The van der Waals surface area contributed by atoms with E-state index in [1.54, 1.807) is 4.90 Å². The van der Waals surface area contributed by atoms with Crippen LogP contribution in [0.5, 0.6) is 5.88 Å². The molecule has 3 N–H and O–H groups in total. The Morgan fingerprint density at radius 2 is 2.15 bits per heavy atom. The molecule has 6 heteroatoms. The molecule has 6 nitrogen and oxygen atoms in total. The van der Waals surface area contributed by atoms with Gasteiger partial charge in [0.25, 0.3) is 11.5 Å². The van der Waals surface area contributed by atoms with Crippen LogP contribution < -0.4 is 10.9 Å². The number of nitrogens with one attached hydrogen (secondary N) is 2. The fourth-order valence-electron chi connectivity index (χ4n) is 2.57. The fourth-order valence-corrected chi connectivity index (χ4v) is 2.57. The smallest absolute Gasteiger partial charge is 0.254 e. The first-order valence-electron chi connectivity index (χ1n) is 7.02. The van der Waals surface area contributed by atoms with Crippen molar-refractivity contribution in [1.82, 2.24) is 15.2 Å². The molecule has 0 radical (unpaired) electrons. The minimum absolute atomic E-state index is 0.117. The number of rotatable bonds is 3. The molecule has 20 heavy (non-hydrogen) atoms. The Morgan fingerprint density at radius 3 is 2.75 bits per heavy atom. The predicted molar refractivity (Wildman–Crippen MR) is 75.9 cm³/mol. The molecule has 1 fully saturated rings. The number of aromatic hydroxyl groups is 1. The van der Waals surface area contributed by atoms with Crippen molar-refractivity contribution in [2.24, 2.45) is 0 Å². The average Bonchev–Trinajstić information content (AvgIpc) is 2.44. The fraction of sp³-hybridized carbons (Fsp3) is 0.571. The van der Waals surface area contributed by atoms with Gasteiger partial charge in [0.15, 0.2) is 5.88 Å². The van der Waals surface area contributed by atoms with Crippen LogP contribution in [0.3, 0.4) is 0 Å². The molecule has 0 bridgehead atoms. The highest BCUT2D eigenvalue weighted by Gasteiger charge is 2.30. The zero-order chi connectivity index (χ0) is 14.7. The summed E-state index contributed by atoms with van der Waals surface area (Å²) in [6.45, 7) is 5.50. The first-order valence-corrected chi connectivity index (χ1v) is 7.02. The molecule has 1 amide bonds. The third kappa shape index (κ3) is 3.01. The third-order valence-electron chi connectivity index (χ3n) is 3.80. The Labute approximate surface area is 117 Å². The Hall–Kier alpha value is -1.82. The van der Waals surface area contributed by atoms with E-state index >= 15 is 0 Å². The lowest BCUT2D eigenvalue weighted by molar-refractivity contribution is 0.0575. The van der Waals surface area contributed by atoms with E-state index in [2.05, 4.69) is 17.2 Å². The number of amides is 1. The molecule has 0 aromatic carbocycles. The maximum atomic E-state index is 12.6. The summed E-state index contributed by atoms with van der Waals surface area (Å²) in [5.41, 5.74) is -0.231. The number of nitrogens with zero attached hydrogens (tertiary/aromatic N) is 1. The zero-order valence-electron chi connectivity index (χ0n) is 11.8. The second kappa shape index (κ2) is 6.09. The van der Waals surface area contributed by atoms with Crippen LogP contribution in [0, 0.1) is 0 Å². The third-order valence-corrected chi connectivity index (χ3v) is 3.80. The SMILES string of the molecule is CCC1CN(C(=O)c2cc(O)[nH]c(=O)c2)C(CC)CN1. The Bertz CT molecular complexity index is 541. The molecule has 1 saturated heterocycles. The Balaban J connectivity index is 2.26. The van der Waals surface area contributed by atoms with Crippen LogP contribution in [-0.4, -0.2) is 46.1 Å². The van der Waals surface area contributed by atoms with Crippen molar-refractivity contribution in [1.29, 1.82) is 0 Å². The lowest BCUT2D eigenvalue weighted by Gasteiger charge is -2.40. The van der Waals surface area contributed by atoms with Crippen molar-refractivity contribution >= 4 is 5.91 Å². The molecule has 0 aliphatic carbocycles. The summed E-state index contributed by atoms with van der Waals surface area (Å²) in [5, 5.41) is 12.8. The Morgan fingerprint density at radius 1 is 1.40 bits per heavy atom. The van der Waals surface area contributed by atoms with E-state index < -0.39 is 5.56 Å². The van der Waals surface area contributed by atoms with Gasteiger partial charge in [-0.25, -0.2) is 0 Å². The van der Waals surface area contributed by atoms with E-state index in [0.29, 0.717) is 6.54 Å². The second-order valence-corrected chi connectivity index (χ2v) is 5.15. The molecule has 2 unspecified atom stereocenters. The topological polar surface area (TPSA) is 85.4 Å². The molecule has 1 aliphatic heterocycles. The number of piperazine rings is 1. The largest absolute Gasteiger partial charge is 0.494 e. The number of carbonyl (C=O) groups excluding carboxylic acids is 1. The molecule has 1 aromatic rings.